The van der Waals surface area contributed by atoms with Gasteiger partial charge in [-0.05, 0) is 24.3 Å². The molecule has 6 heteroatoms. The van der Waals surface area contributed by atoms with Gasteiger partial charge in [0.15, 0.2) is 5.82 Å². The number of hydrogen-bond acceptors (Lipinski definition) is 6. The summed E-state index contributed by atoms with van der Waals surface area (Å²) in [7, 11) is 0. The van der Waals surface area contributed by atoms with Gasteiger partial charge < -0.3 is 10.3 Å². The zero-order chi connectivity index (χ0) is 14.9. The van der Waals surface area contributed by atoms with Gasteiger partial charge >= 0.3 is 0 Å². The molecule has 1 aromatic carbocycles. The average molecular weight is 289 g/mol. The van der Waals surface area contributed by atoms with Crippen LogP contribution in [0.3, 0.4) is 0 Å². The molecule has 4 aromatic rings. The Balaban J connectivity index is 2.07. The summed E-state index contributed by atoms with van der Waals surface area (Å²) in [5, 5.41) is 4.74. The van der Waals surface area contributed by atoms with E-state index in [1.165, 1.54) is 6.26 Å². The smallest absolute Gasteiger partial charge is 0.162 e. The molecule has 0 bridgehead atoms. The summed E-state index contributed by atoms with van der Waals surface area (Å²) in [6.45, 7) is 0. The fourth-order valence-corrected chi connectivity index (χ4v) is 2.35. The number of aromatic nitrogens is 4. The van der Waals surface area contributed by atoms with Crippen molar-refractivity contribution >= 4 is 16.6 Å². The van der Waals surface area contributed by atoms with Gasteiger partial charge in [-0.15, -0.1) is 0 Å². The lowest BCUT2D eigenvalue weighted by atomic mass is 10.1. The van der Waals surface area contributed by atoms with Crippen molar-refractivity contribution in [3.63, 3.8) is 0 Å². The first-order valence-electron chi connectivity index (χ1n) is 6.70. The van der Waals surface area contributed by atoms with E-state index in [4.69, 9.17) is 10.3 Å². The van der Waals surface area contributed by atoms with E-state index in [0.717, 1.165) is 16.5 Å². The van der Waals surface area contributed by atoms with Crippen LogP contribution in [0.4, 0.5) is 5.69 Å². The first-order valence-corrected chi connectivity index (χ1v) is 6.70. The molecule has 4 rings (SSSR count). The first-order chi connectivity index (χ1) is 10.8. The molecule has 0 aliphatic carbocycles. The van der Waals surface area contributed by atoms with Crippen LogP contribution in [0.1, 0.15) is 0 Å². The summed E-state index contributed by atoms with van der Waals surface area (Å²) in [6, 6.07) is 11.1. The molecule has 0 fully saturated rings. The van der Waals surface area contributed by atoms with Crippen LogP contribution in [0.5, 0.6) is 0 Å². The molecule has 22 heavy (non-hydrogen) atoms. The second-order valence-electron chi connectivity index (χ2n) is 4.76. The zero-order valence-electron chi connectivity index (χ0n) is 11.5. The summed E-state index contributed by atoms with van der Waals surface area (Å²) >= 11 is 0. The van der Waals surface area contributed by atoms with Crippen LogP contribution in [-0.4, -0.2) is 20.1 Å². The molecular weight excluding hydrogens is 278 g/mol. The second-order valence-corrected chi connectivity index (χ2v) is 4.76. The van der Waals surface area contributed by atoms with E-state index in [9.17, 15) is 0 Å². The molecule has 0 saturated heterocycles. The van der Waals surface area contributed by atoms with E-state index in [0.29, 0.717) is 22.9 Å². The van der Waals surface area contributed by atoms with Crippen LogP contribution in [-0.2, 0) is 0 Å². The molecule has 0 atom stereocenters. The third-order valence-corrected chi connectivity index (χ3v) is 3.36. The number of rotatable bonds is 2. The number of nitrogen functional groups attached to an aromatic ring is 1. The maximum atomic E-state index is 6.10. The van der Waals surface area contributed by atoms with Gasteiger partial charge in [0.2, 0.25) is 0 Å². The van der Waals surface area contributed by atoms with E-state index in [-0.39, 0.29) is 0 Å². The minimum absolute atomic E-state index is 0.573. The summed E-state index contributed by atoms with van der Waals surface area (Å²) in [5.41, 5.74) is 9.56. The quantitative estimate of drug-likeness (QED) is 0.570. The van der Waals surface area contributed by atoms with Crippen LogP contribution in [0.25, 0.3) is 33.7 Å². The van der Waals surface area contributed by atoms with Crippen LogP contribution < -0.4 is 5.73 Å². The molecule has 2 N–H and O–H groups in total. The average Bonchev–Trinajstić information content (AvgIpc) is 3.09. The van der Waals surface area contributed by atoms with Crippen molar-refractivity contribution in [2.45, 2.75) is 0 Å². The molecule has 0 saturated carbocycles. The van der Waals surface area contributed by atoms with Gasteiger partial charge in [0.25, 0.3) is 0 Å². The lowest BCUT2D eigenvalue weighted by molar-refractivity contribution is 0.422. The summed E-state index contributed by atoms with van der Waals surface area (Å²) < 4.78 is 4.94. The topological polar surface area (TPSA) is 90.7 Å². The molecule has 0 aliphatic heterocycles. The minimum atomic E-state index is 0.573. The maximum absolute atomic E-state index is 6.10. The molecule has 0 spiro atoms. The van der Waals surface area contributed by atoms with Crippen LogP contribution in [0.2, 0.25) is 0 Å². The third kappa shape index (κ3) is 1.98. The van der Waals surface area contributed by atoms with E-state index in [1.54, 1.807) is 18.5 Å². The molecule has 0 amide bonds. The number of nitrogens with two attached hydrogens (primary N) is 1. The molecule has 6 nitrogen and oxygen atoms in total. The van der Waals surface area contributed by atoms with Crippen molar-refractivity contribution < 1.29 is 4.52 Å². The molecule has 3 heterocycles. The van der Waals surface area contributed by atoms with E-state index >= 15 is 0 Å². The third-order valence-electron chi connectivity index (χ3n) is 3.36. The fourth-order valence-electron chi connectivity index (χ4n) is 2.35. The van der Waals surface area contributed by atoms with Gasteiger partial charge in [0, 0.05) is 29.7 Å². The van der Waals surface area contributed by atoms with Crippen LogP contribution >= 0.6 is 0 Å². The number of hydrogen-bond donors (Lipinski definition) is 1. The number of pyridine rings is 1. The van der Waals surface area contributed by atoms with Crippen LogP contribution in [0.15, 0.2) is 59.6 Å². The molecule has 3 aromatic heterocycles. The molecule has 106 valence electrons. The van der Waals surface area contributed by atoms with Crippen molar-refractivity contribution in [1.29, 1.82) is 0 Å². The van der Waals surface area contributed by atoms with Crippen molar-refractivity contribution in [2.24, 2.45) is 0 Å². The number of anilines is 1. The largest absolute Gasteiger partial charge is 0.398 e. The molecule has 0 radical (unpaired) electrons. The standard InChI is InChI=1S/C16H11N5O/c17-11-4-1-5-12-14(11)15(13-6-8-22-21-13)20-16(19-12)10-3-2-7-18-9-10/h1-9H,17H2. The van der Waals surface area contributed by atoms with Crippen molar-refractivity contribution in [3.8, 4) is 22.8 Å². The van der Waals surface area contributed by atoms with Gasteiger partial charge in [0.1, 0.15) is 17.7 Å². The lowest BCUT2D eigenvalue weighted by Crippen LogP contribution is -1.98. The van der Waals surface area contributed by atoms with Crippen LogP contribution in [0, 0.1) is 0 Å². The Morgan fingerprint density at radius 2 is 1.95 bits per heavy atom. The minimum Gasteiger partial charge on any atom is -0.398 e. The summed E-state index contributed by atoms with van der Waals surface area (Å²) in [5.74, 6) is 0.573. The zero-order valence-corrected chi connectivity index (χ0v) is 11.5. The number of benzene rings is 1. The predicted octanol–water partition coefficient (Wildman–Crippen LogP) is 2.93. The lowest BCUT2D eigenvalue weighted by Gasteiger charge is -2.08. The van der Waals surface area contributed by atoms with E-state index in [2.05, 4.69) is 20.1 Å². The monoisotopic (exact) mass is 289 g/mol. The highest BCUT2D eigenvalue weighted by Crippen LogP contribution is 2.31. The van der Waals surface area contributed by atoms with E-state index in [1.807, 2.05) is 30.3 Å². The fraction of sp³-hybridized carbons (Fsp3) is 0. The van der Waals surface area contributed by atoms with Crippen molar-refractivity contribution in [2.75, 3.05) is 5.73 Å². The Labute approximate surface area is 125 Å². The maximum Gasteiger partial charge on any atom is 0.162 e. The van der Waals surface area contributed by atoms with Gasteiger partial charge in [-0.25, -0.2) is 9.97 Å². The second kappa shape index (κ2) is 4.92. The van der Waals surface area contributed by atoms with Gasteiger partial charge in [-0.1, -0.05) is 11.2 Å². The Morgan fingerprint density at radius 3 is 2.73 bits per heavy atom. The number of fused-ring (bicyclic) bond motifs is 1. The summed E-state index contributed by atoms with van der Waals surface area (Å²) in [6.07, 6.45) is 4.94. The highest BCUT2D eigenvalue weighted by atomic mass is 16.5. The normalized spacial score (nSPS) is 10.9. The van der Waals surface area contributed by atoms with Crippen molar-refractivity contribution in [3.05, 3.63) is 55.1 Å². The Hall–Kier alpha value is -3.28. The highest BCUT2D eigenvalue weighted by molar-refractivity contribution is 6.00. The van der Waals surface area contributed by atoms with Gasteiger partial charge in [0.05, 0.1) is 10.9 Å². The molecule has 0 aliphatic rings. The van der Waals surface area contributed by atoms with E-state index < -0.39 is 0 Å². The predicted molar refractivity (Wildman–Crippen MR) is 82.7 cm³/mol. The Kier molecular flexibility index (Phi) is 2.79. The molecule has 0 unspecified atom stereocenters. The Morgan fingerprint density at radius 1 is 1.00 bits per heavy atom. The SMILES string of the molecule is Nc1cccc2nc(-c3cccnc3)nc(-c3ccon3)c12. The number of nitrogens with zero attached hydrogens (tertiary/aromatic N) is 4. The Bertz CT molecular complexity index is 936. The van der Waals surface area contributed by atoms with Gasteiger partial charge in [-0.2, -0.15) is 0 Å². The van der Waals surface area contributed by atoms with Gasteiger partial charge in [-0.3, -0.25) is 4.98 Å². The highest BCUT2D eigenvalue weighted by Gasteiger charge is 2.15. The first kappa shape index (κ1) is 12.5. The summed E-state index contributed by atoms with van der Waals surface area (Å²) in [4.78, 5) is 13.3. The molecular formula is C16H11N5O. The van der Waals surface area contributed by atoms with Crippen molar-refractivity contribution in [1.82, 2.24) is 20.1 Å².